The molecular formula is C11H18BrN3. The third-order valence-corrected chi connectivity index (χ3v) is 3.58. The first-order valence-corrected chi connectivity index (χ1v) is 6.48. The van der Waals surface area contributed by atoms with Gasteiger partial charge in [-0.2, -0.15) is 0 Å². The van der Waals surface area contributed by atoms with Crippen molar-refractivity contribution in [3.8, 4) is 0 Å². The summed E-state index contributed by atoms with van der Waals surface area (Å²) in [5.41, 5.74) is 0. The molecule has 84 valence electrons. The number of hydrogen-bond donors (Lipinski definition) is 0. The van der Waals surface area contributed by atoms with Gasteiger partial charge in [0.2, 0.25) is 0 Å². The lowest BCUT2D eigenvalue weighted by atomic mass is 10.0. The van der Waals surface area contributed by atoms with Gasteiger partial charge >= 0.3 is 0 Å². The molecular weight excluding hydrogens is 254 g/mol. The number of aromatic nitrogens is 2. The lowest BCUT2D eigenvalue weighted by Crippen LogP contribution is -2.41. The van der Waals surface area contributed by atoms with E-state index in [0.717, 1.165) is 19.0 Å². The van der Waals surface area contributed by atoms with E-state index in [1.165, 1.54) is 19.5 Å². The van der Waals surface area contributed by atoms with E-state index in [0.29, 0.717) is 4.83 Å². The summed E-state index contributed by atoms with van der Waals surface area (Å²) >= 11 is 3.73. The van der Waals surface area contributed by atoms with Gasteiger partial charge in [-0.25, -0.2) is 4.98 Å². The third kappa shape index (κ3) is 3.31. The summed E-state index contributed by atoms with van der Waals surface area (Å²) in [6.07, 6.45) is 7.06. The number of imidazole rings is 1. The van der Waals surface area contributed by atoms with Gasteiger partial charge in [0.05, 0.1) is 6.33 Å². The molecule has 2 rings (SSSR count). The van der Waals surface area contributed by atoms with Crippen LogP contribution >= 0.6 is 15.9 Å². The molecule has 15 heavy (non-hydrogen) atoms. The van der Waals surface area contributed by atoms with Crippen LogP contribution in [-0.2, 0) is 6.54 Å². The number of rotatable bonds is 3. The van der Waals surface area contributed by atoms with Gasteiger partial charge in [0, 0.05) is 43.4 Å². The molecule has 0 aromatic carbocycles. The maximum Gasteiger partial charge on any atom is 0.0946 e. The van der Waals surface area contributed by atoms with Crippen molar-refractivity contribution in [3.05, 3.63) is 18.7 Å². The van der Waals surface area contributed by atoms with Crippen molar-refractivity contribution in [1.29, 1.82) is 0 Å². The Morgan fingerprint density at radius 3 is 2.93 bits per heavy atom. The molecule has 1 aliphatic rings. The van der Waals surface area contributed by atoms with Crippen LogP contribution in [0.3, 0.4) is 0 Å². The number of hydrogen-bond acceptors (Lipinski definition) is 2. The minimum Gasteiger partial charge on any atom is -0.336 e. The first-order chi connectivity index (χ1) is 7.24. The Kier molecular flexibility index (Phi) is 3.81. The zero-order valence-electron chi connectivity index (χ0n) is 9.14. The fourth-order valence-electron chi connectivity index (χ4n) is 2.24. The van der Waals surface area contributed by atoms with E-state index in [4.69, 9.17) is 0 Å². The van der Waals surface area contributed by atoms with E-state index in [9.17, 15) is 0 Å². The van der Waals surface area contributed by atoms with Crippen LogP contribution in [0.2, 0.25) is 0 Å². The van der Waals surface area contributed by atoms with Crippen molar-refractivity contribution in [2.45, 2.75) is 24.7 Å². The molecule has 2 heterocycles. The van der Waals surface area contributed by atoms with Crippen LogP contribution in [0.15, 0.2) is 18.7 Å². The van der Waals surface area contributed by atoms with Crippen LogP contribution in [-0.4, -0.2) is 38.9 Å². The van der Waals surface area contributed by atoms with Gasteiger partial charge in [0.15, 0.2) is 0 Å². The lowest BCUT2D eigenvalue weighted by Gasteiger charge is -2.34. The SMILES string of the molecule is CC1CC(Br)CN(CCn2ccnc2)C1. The number of nitrogens with zero attached hydrogens (tertiary/aromatic N) is 3. The highest BCUT2D eigenvalue weighted by Gasteiger charge is 2.22. The monoisotopic (exact) mass is 271 g/mol. The van der Waals surface area contributed by atoms with E-state index >= 15 is 0 Å². The summed E-state index contributed by atoms with van der Waals surface area (Å²) in [5.74, 6) is 0.811. The first-order valence-electron chi connectivity index (χ1n) is 5.56. The Bertz CT molecular complexity index is 276. The molecule has 4 heteroatoms. The summed E-state index contributed by atoms with van der Waals surface area (Å²) in [6, 6.07) is 0. The van der Waals surface area contributed by atoms with Crippen LogP contribution in [0.1, 0.15) is 13.3 Å². The summed E-state index contributed by atoms with van der Waals surface area (Å²) < 4.78 is 2.14. The van der Waals surface area contributed by atoms with Crippen LogP contribution in [0.25, 0.3) is 0 Å². The number of likely N-dealkylation sites (tertiary alicyclic amines) is 1. The Morgan fingerprint density at radius 1 is 1.40 bits per heavy atom. The summed E-state index contributed by atoms with van der Waals surface area (Å²) in [6.45, 7) is 6.92. The highest BCUT2D eigenvalue weighted by Crippen LogP contribution is 2.21. The second-order valence-corrected chi connectivity index (χ2v) is 5.79. The Labute approximate surface area is 99.6 Å². The second kappa shape index (κ2) is 5.12. The van der Waals surface area contributed by atoms with Gasteiger partial charge in [-0.05, 0) is 12.3 Å². The molecule has 3 nitrogen and oxygen atoms in total. The predicted molar refractivity (Wildman–Crippen MR) is 65.2 cm³/mol. The van der Waals surface area contributed by atoms with E-state index in [-0.39, 0.29) is 0 Å². The summed E-state index contributed by atoms with van der Waals surface area (Å²) in [4.78, 5) is 7.26. The van der Waals surface area contributed by atoms with Crippen molar-refractivity contribution < 1.29 is 0 Å². The third-order valence-electron chi connectivity index (χ3n) is 2.92. The maximum atomic E-state index is 4.05. The van der Waals surface area contributed by atoms with E-state index in [2.05, 4.69) is 37.3 Å². The zero-order valence-corrected chi connectivity index (χ0v) is 10.7. The Morgan fingerprint density at radius 2 is 2.27 bits per heavy atom. The highest BCUT2D eigenvalue weighted by atomic mass is 79.9. The minimum absolute atomic E-state index is 0.670. The molecule has 0 radical (unpaired) electrons. The molecule has 1 aliphatic heterocycles. The predicted octanol–water partition coefficient (Wildman–Crippen LogP) is 1.99. The lowest BCUT2D eigenvalue weighted by molar-refractivity contribution is 0.185. The van der Waals surface area contributed by atoms with Crippen molar-refractivity contribution in [3.63, 3.8) is 0 Å². The van der Waals surface area contributed by atoms with Gasteiger partial charge in [0.1, 0.15) is 0 Å². The van der Waals surface area contributed by atoms with Crippen molar-refractivity contribution in [2.75, 3.05) is 19.6 Å². The van der Waals surface area contributed by atoms with Crippen molar-refractivity contribution in [1.82, 2.24) is 14.5 Å². The summed E-state index contributed by atoms with van der Waals surface area (Å²) in [7, 11) is 0. The van der Waals surface area contributed by atoms with Gasteiger partial charge in [-0.3, -0.25) is 0 Å². The van der Waals surface area contributed by atoms with E-state index < -0.39 is 0 Å². The molecule has 1 aromatic rings. The number of halogens is 1. The highest BCUT2D eigenvalue weighted by molar-refractivity contribution is 9.09. The molecule has 1 saturated heterocycles. The van der Waals surface area contributed by atoms with Gasteiger partial charge in [-0.1, -0.05) is 22.9 Å². The first kappa shape index (κ1) is 11.1. The maximum absolute atomic E-state index is 4.05. The Hall–Kier alpha value is -0.350. The van der Waals surface area contributed by atoms with Gasteiger partial charge in [0.25, 0.3) is 0 Å². The van der Waals surface area contributed by atoms with Crippen molar-refractivity contribution in [2.24, 2.45) is 5.92 Å². The van der Waals surface area contributed by atoms with Gasteiger partial charge < -0.3 is 9.47 Å². The fourth-order valence-corrected chi connectivity index (χ4v) is 3.29. The number of piperidine rings is 1. The quantitative estimate of drug-likeness (QED) is 0.785. The topological polar surface area (TPSA) is 21.1 Å². The van der Waals surface area contributed by atoms with E-state index in [1.807, 2.05) is 18.7 Å². The van der Waals surface area contributed by atoms with E-state index in [1.54, 1.807) is 0 Å². The average Bonchev–Trinajstić information content (AvgIpc) is 2.65. The molecule has 0 bridgehead atoms. The molecule has 1 fully saturated rings. The normalized spacial score (nSPS) is 28.1. The molecule has 1 aromatic heterocycles. The van der Waals surface area contributed by atoms with Crippen LogP contribution in [0.5, 0.6) is 0 Å². The minimum atomic E-state index is 0.670. The van der Waals surface area contributed by atoms with Crippen LogP contribution < -0.4 is 0 Å². The zero-order chi connectivity index (χ0) is 10.7. The molecule has 0 spiro atoms. The largest absolute Gasteiger partial charge is 0.336 e. The van der Waals surface area contributed by atoms with Crippen molar-refractivity contribution >= 4 is 15.9 Å². The standard InChI is InChI=1S/C11H18BrN3/c1-10-6-11(12)8-15(7-10)5-4-14-3-2-13-9-14/h2-3,9-11H,4-8H2,1H3. The second-order valence-electron chi connectivity index (χ2n) is 4.50. The molecule has 0 aliphatic carbocycles. The fraction of sp³-hybridized carbons (Fsp3) is 0.727. The smallest absolute Gasteiger partial charge is 0.0946 e. The molecule has 0 amide bonds. The van der Waals surface area contributed by atoms with Crippen LogP contribution in [0.4, 0.5) is 0 Å². The van der Waals surface area contributed by atoms with Gasteiger partial charge in [-0.15, -0.1) is 0 Å². The van der Waals surface area contributed by atoms with Crippen LogP contribution in [0, 0.1) is 5.92 Å². The average molecular weight is 272 g/mol. The summed E-state index contributed by atoms with van der Waals surface area (Å²) in [5, 5.41) is 0. The number of alkyl halides is 1. The Balaban J connectivity index is 1.79. The molecule has 0 N–H and O–H groups in total. The molecule has 0 saturated carbocycles. The molecule has 2 unspecified atom stereocenters. The molecule has 2 atom stereocenters.